The van der Waals surface area contributed by atoms with Crippen LogP contribution >= 0.6 is 11.6 Å². The molecule has 3 rings (SSSR count). The standard InChI is InChI=1S/C19H18ClN3O3/c1-12-8-9-14(10-15(12)20)21-16(24)11-23-17(25)19(2,22-18(23)26)13-6-4-3-5-7-13/h3-10H,11H2,1-2H3,(H,21,24)(H,22,26)/t19-/m1/s1. The second-order valence-corrected chi connectivity index (χ2v) is 6.73. The van der Waals surface area contributed by atoms with E-state index in [0.717, 1.165) is 10.5 Å². The first kappa shape index (κ1) is 17.9. The third-order valence-electron chi connectivity index (χ3n) is 4.38. The predicted molar refractivity (Wildman–Crippen MR) is 98.9 cm³/mol. The Morgan fingerprint density at radius 1 is 1.19 bits per heavy atom. The Kier molecular flexibility index (Phi) is 4.70. The van der Waals surface area contributed by atoms with Crippen LogP contribution in [0.5, 0.6) is 0 Å². The Hall–Kier alpha value is -2.86. The monoisotopic (exact) mass is 371 g/mol. The first-order valence-electron chi connectivity index (χ1n) is 8.07. The largest absolute Gasteiger partial charge is 0.325 e. The average Bonchev–Trinajstić information content (AvgIpc) is 2.83. The number of imide groups is 1. The van der Waals surface area contributed by atoms with Crippen molar-refractivity contribution in [1.82, 2.24) is 10.2 Å². The van der Waals surface area contributed by atoms with Crippen LogP contribution < -0.4 is 10.6 Å². The molecule has 7 heteroatoms. The molecule has 0 radical (unpaired) electrons. The summed E-state index contributed by atoms with van der Waals surface area (Å²) in [4.78, 5) is 38.2. The van der Waals surface area contributed by atoms with Gasteiger partial charge in [-0.15, -0.1) is 0 Å². The zero-order valence-electron chi connectivity index (χ0n) is 14.4. The van der Waals surface area contributed by atoms with Gasteiger partial charge in [0.2, 0.25) is 5.91 Å². The molecule has 2 aromatic carbocycles. The molecule has 0 spiro atoms. The molecular formula is C19H18ClN3O3. The van der Waals surface area contributed by atoms with E-state index in [9.17, 15) is 14.4 Å². The molecule has 1 aliphatic rings. The van der Waals surface area contributed by atoms with Crippen LogP contribution in [-0.2, 0) is 15.1 Å². The predicted octanol–water partition coefficient (Wildman–Crippen LogP) is 3.05. The van der Waals surface area contributed by atoms with Gasteiger partial charge in [-0.05, 0) is 37.1 Å². The Bertz CT molecular complexity index is 885. The van der Waals surface area contributed by atoms with Crippen LogP contribution in [0.2, 0.25) is 5.02 Å². The molecule has 1 saturated heterocycles. The quantitative estimate of drug-likeness (QED) is 0.811. The van der Waals surface area contributed by atoms with Gasteiger partial charge in [-0.1, -0.05) is 48.0 Å². The smallest absolute Gasteiger partial charge is 0.324 e. The normalized spacial score (nSPS) is 19.4. The van der Waals surface area contributed by atoms with Crippen LogP contribution in [0, 0.1) is 6.92 Å². The summed E-state index contributed by atoms with van der Waals surface area (Å²) in [7, 11) is 0. The van der Waals surface area contributed by atoms with E-state index in [4.69, 9.17) is 11.6 Å². The second kappa shape index (κ2) is 6.80. The number of nitrogens with zero attached hydrogens (tertiary/aromatic N) is 1. The molecule has 2 N–H and O–H groups in total. The van der Waals surface area contributed by atoms with Gasteiger partial charge in [0.1, 0.15) is 12.1 Å². The van der Waals surface area contributed by atoms with Gasteiger partial charge in [-0.2, -0.15) is 0 Å². The number of amides is 4. The Morgan fingerprint density at radius 2 is 1.88 bits per heavy atom. The highest BCUT2D eigenvalue weighted by Crippen LogP contribution is 2.28. The maximum absolute atomic E-state index is 12.8. The maximum Gasteiger partial charge on any atom is 0.325 e. The maximum atomic E-state index is 12.8. The molecule has 0 unspecified atom stereocenters. The van der Waals surface area contributed by atoms with Crippen molar-refractivity contribution in [2.45, 2.75) is 19.4 Å². The van der Waals surface area contributed by atoms with Gasteiger partial charge in [0.25, 0.3) is 5.91 Å². The summed E-state index contributed by atoms with van der Waals surface area (Å²) in [6.45, 7) is 3.10. The molecule has 1 aliphatic heterocycles. The van der Waals surface area contributed by atoms with E-state index in [1.165, 1.54) is 0 Å². The summed E-state index contributed by atoms with van der Waals surface area (Å²) < 4.78 is 0. The van der Waals surface area contributed by atoms with E-state index in [1.807, 2.05) is 13.0 Å². The molecule has 26 heavy (non-hydrogen) atoms. The number of carbonyl (C=O) groups is 3. The molecule has 2 aromatic rings. The van der Waals surface area contributed by atoms with Crippen molar-refractivity contribution in [2.24, 2.45) is 0 Å². The van der Waals surface area contributed by atoms with Gasteiger partial charge < -0.3 is 10.6 Å². The van der Waals surface area contributed by atoms with Crippen molar-refractivity contribution in [3.05, 3.63) is 64.7 Å². The van der Waals surface area contributed by atoms with E-state index in [-0.39, 0.29) is 6.54 Å². The first-order valence-corrected chi connectivity index (χ1v) is 8.45. The number of halogens is 1. The second-order valence-electron chi connectivity index (χ2n) is 6.32. The minimum absolute atomic E-state index is 0.376. The van der Waals surface area contributed by atoms with Crippen molar-refractivity contribution >= 4 is 35.1 Å². The number of hydrogen-bond donors (Lipinski definition) is 2. The number of hydrogen-bond acceptors (Lipinski definition) is 3. The number of anilines is 1. The van der Waals surface area contributed by atoms with E-state index in [0.29, 0.717) is 16.3 Å². The minimum atomic E-state index is -1.19. The molecule has 1 atom stereocenters. The fourth-order valence-electron chi connectivity index (χ4n) is 2.82. The summed E-state index contributed by atoms with van der Waals surface area (Å²) >= 11 is 6.04. The van der Waals surface area contributed by atoms with Crippen LogP contribution in [0.15, 0.2) is 48.5 Å². The van der Waals surface area contributed by atoms with Crippen LogP contribution in [0.25, 0.3) is 0 Å². The highest BCUT2D eigenvalue weighted by Gasteiger charge is 2.49. The highest BCUT2D eigenvalue weighted by molar-refractivity contribution is 6.31. The Morgan fingerprint density at radius 3 is 2.54 bits per heavy atom. The van der Waals surface area contributed by atoms with Crippen LogP contribution in [0.1, 0.15) is 18.1 Å². The number of carbonyl (C=O) groups excluding carboxylic acids is 3. The van der Waals surface area contributed by atoms with Gasteiger partial charge in [-0.25, -0.2) is 4.79 Å². The lowest BCUT2D eigenvalue weighted by Crippen LogP contribution is -2.42. The van der Waals surface area contributed by atoms with Crippen molar-refractivity contribution in [3.8, 4) is 0 Å². The van der Waals surface area contributed by atoms with Crippen LogP contribution in [0.4, 0.5) is 10.5 Å². The molecule has 4 amide bonds. The van der Waals surface area contributed by atoms with Crippen LogP contribution in [-0.4, -0.2) is 29.3 Å². The van der Waals surface area contributed by atoms with Gasteiger partial charge in [0.15, 0.2) is 0 Å². The summed E-state index contributed by atoms with van der Waals surface area (Å²) in [5.74, 6) is -0.948. The number of rotatable bonds is 4. The Balaban J connectivity index is 1.73. The molecule has 1 heterocycles. The summed E-state index contributed by atoms with van der Waals surface area (Å²) in [6.07, 6.45) is 0. The number of benzene rings is 2. The number of nitrogens with one attached hydrogen (secondary N) is 2. The van der Waals surface area contributed by atoms with Gasteiger partial charge in [-0.3, -0.25) is 14.5 Å². The molecule has 0 saturated carbocycles. The number of aryl methyl sites for hydroxylation is 1. The third-order valence-corrected chi connectivity index (χ3v) is 4.79. The topological polar surface area (TPSA) is 78.5 Å². The zero-order chi connectivity index (χ0) is 18.9. The lowest BCUT2D eigenvalue weighted by Gasteiger charge is -2.22. The molecule has 0 aromatic heterocycles. The molecule has 0 aliphatic carbocycles. The van der Waals surface area contributed by atoms with Gasteiger partial charge in [0, 0.05) is 10.7 Å². The Labute approximate surface area is 156 Å². The van der Waals surface area contributed by atoms with Gasteiger partial charge in [0.05, 0.1) is 0 Å². The van der Waals surface area contributed by atoms with E-state index < -0.39 is 23.4 Å². The average molecular weight is 372 g/mol. The van der Waals surface area contributed by atoms with Crippen molar-refractivity contribution < 1.29 is 14.4 Å². The fourth-order valence-corrected chi connectivity index (χ4v) is 3.00. The summed E-state index contributed by atoms with van der Waals surface area (Å²) in [6, 6.07) is 13.4. The van der Waals surface area contributed by atoms with E-state index in [1.54, 1.807) is 49.4 Å². The van der Waals surface area contributed by atoms with E-state index >= 15 is 0 Å². The highest BCUT2D eigenvalue weighted by atomic mass is 35.5. The molecule has 6 nitrogen and oxygen atoms in total. The third kappa shape index (κ3) is 3.28. The molecular weight excluding hydrogens is 354 g/mol. The molecule has 1 fully saturated rings. The fraction of sp³-hybridized carbons (Fsp3) is 0.211. The molecule has 134 valence electrons. The molecule has 0 bridgehead atoms. The lowest BCUT2D eigenvalue weighted by atomic mass is 9.92. The zero-order valence-corrected chi connectivity index (χ0v) is 15.1. The van der Waals surface area contributed by atoms with Crippen molar-refractivity contribution in [3.63, 3.8) is 0 Å². The lowest BCUT2D eigenvalue weighted by molar-refractivity contribution is -0.133. The van der Waals surface area contributed by atoms with Crippen molar-refractivity contribution in [2.75, 3.05) is 11.9 Å². The van der Waals surface area contributed by atoms with Crippen molar-refractivity contribution in [1.29, 1.82) is 0 Å². The SMILES string of the molecule is Cc1ccc(NC(=O)CN2C(=O)N[C@](C)(c3ccccc3)C2=O)cc1Cl. The summed E-state index contributed by atoms with van der Waals surface area (Å²) in [5, 5.41) is 5.84. The summed E-state index contributed by atoms with van der Waals surface area (Å²) in [5.41, 5.74) is 0.860. The minimum Gasteiger partial charge on any atom is -0.324 e. The van der Waals surface area contributed by atoms with Gasteiger partial charge >= 0.3 is 6.03 Å². The van der Waals surface area contributed by atoms with E-state index in [2.05, 4.69) is 10.6 Å². The van der Waals surface area contributed by atoms with Crippen LogP contribution in [0.3, 0.4) is 0 Å². The number of urea groups is 1. The first-order chi connectivity index (χ1) is 12.3.